The SMILES string of the molecule is O=S(=O)(c1ccccc1)N(c1ccc(F)cc1)C1CCN(Cc2ccc(F)cc2)CC1. The average Bonchev–Trinajstić information content (AvgIpc) is 2.78. The van der Waals surface area contributed by atoms with Crippen molar-refractivity contribution < 1.29 is 17.2 Å². The highest BCUT2D eigenvalue weighted by Crippen LogP contribution is 2.31. The smallest absolute Gasteiger partial charge is 0.264 e. The van der Waals surface area contributed by atoms with Gasteiger partial charge in [-0.05, 0) is 66.9 Å². The third-order valence-corrected chi connectivity index (χ3v) is 7.48. The van der Waals surface area contributed by atoms with Crippen LogP contribution >= 0.6 is 0 Å². The van der Waals surface area contributed by atoms with Gasteiger partial charge in [-0.3, -0.25) is 9.21 Å². The van der Waals surface area contributed by atoms with Crippen molar-refractivity contribution in [2.75, 3.05) is 17.4 Å². The van der Waals surface area contributed by atoms with Gasteiger partial charge in [0.2, 0.25) is 0 Å². The monoisotopic (exact) mass is 442 g/mol. The summed E-state index contributed by atoms with van der Waals surface area (Å²) < 4.78 is 55.1. The zero-order valence-electron chi connectivity index (χ0n) is 17.0. The van der Waals surface area contributed by atoms with Crippen LogP contribution in [-0.2, 0) is 16.6 Å². The summed E-state index contributed by atoms with van der Waals surface area (Å²) in [7, 11) is -3.80. The predicted octanol–water partition coefficient (Wildman–Crippen LogP) is 4.82. The maximum Gasteiger partial charge on any atom is 0.264 e. The van der Waals surface area contributed by atoms with Crippen LogP contribution in [0.2, 0.25) is 0 Å². The first-order valence-electron chi connectivity index (χ1n) is 10.3. The van der Waals surface area contributed by atoms with Crippen LogP contribution in [0.25, 0.3) is 0 Å². The van der Waals surface area contributed by atoms with E-state index in [2.05, 4.69) is 4.90 Å². The Morgan fingerprint density at radius 1 is 0.806 bits per heavy atom. The first kappa shape index (κ1) is 21.5. The molecule has 0 radical (unpaired) electrons. The molecule has 1 saturated heterocycles. The van der Waals surface area contributed by atoms with Crippen LogP contribution in [0.1, 0.15) is 18.4 Å². The minimum atomic E-state index is -3.80. The minimum Gasteiger partial charge on any atom is -0.299 e. The Bertz CT molecular complexity index is 1100. The number of hydrogen-bond donors (Lipinski definition) is 0. The van der Waals surface area contributed by atoms with Gasteiger partial charge in [-0.25, -0.2) is 17.2 Å². The van der Waals surface area contributed by atoms with E-state index in [4.69, 9.17) is 0 Å². The van der Waals surface area contributed by atoms with Crippen LogP contribution in [0.5, 0.6) is 0 Å². The highest BCUT2D eigenvalue weighted by molar-refractivity contribution is 7.92. The molecule has 0 unspecified atom stereocenters. The van der Waals surface area contributed by atoms with E-state index in [1.807, 2.05) is 0 Å². The van der Waals surface area contributed by atoms with E-state index in [0.29, 0.717) is 38.2 Å². The highest BCUT2D eigenvalue weighted by atomic mass is 32.2. The molecule has 0 saturated carbocycles. The van der Waals surface area contributed by atoms with Crippen LogP contribution in [0.4, 0.5) is 14.5 Å². The van der Waals surface area contributed by atoms with Gasteiger partial charge in [-0.2, -0.15) is 0 Å². The fraction of sp³-hybridized carbons (Fsp3) is 0.250. The van der Waals surface area contributed by atoms with Crippen LogP contribution < -0.4 is 4.31 Å². The van der Waals surface area contributed by atoms with Gasteiger partial charge in [0.05, 0.1) is 10.6 Å². The third kappa shape index (κ3) is 4.94. The zero-order valence-corrected chi connectivity index (χ0v) is 17.8. The minimum absolute atomic E-state index is 0.216. The Kier molecular flexibility index (Phi) is 6.34. The molecule has 0 amide bonds. The van der Waals surface area contributed by atoms with Gasteiger partial charge in [0, 0.05) is 25.7 Å². The summed E-state index contributed by atoms with van der Waals surface area (Å²) in [5.74, 6) is -0.668. The number of halogens is 2. The Labute approximate surface area is 181 Å². The molecule has 0 aliphatic carbocycles. The summed E-state index contributed by atoms with van der Waals surface area (Å²) in [5.41, 5.74) is 1.48. The summed E-state index contributed by atoms with van der Waals surface area (Å²) in [6, 6.07) is 20.1. The first-order chi connectivity index (χ1) is 14.9. The topological polar surface area (TPSA) is 40.6 Å². The summed E-state index contributed by atoms with van der Waals surface area (Å²) in [6.07, 6.45) is 1.29. The molecule has 3 aromatic carbocycles. The van der Waals surface area contributed by atoms with Crippen LogP contribution in [0.15, 0.2) is 83.8 Å². The van der Waals surface area contributed by atoms with E-state index in [-0.39, 0.29) is 16.8 Å². The van der Waals surface area contributed by atoms with E-state index in [9.17, 15) is 17.2 Å². The van der Waals surface area contributed by atoms with Crippen molar-refractivity contribution in [2.24, 2.45) is 0 Å². The van der Waals surface area contributed by atoms with Crippen molar-refractivity contribution in [1.29, 1.82) is 0 Å². The van der Waals surface area contributed by atoms with Crippen molar-refractivity contribution >= 4 is 15.7 Å². The molecule has 4 rings (SSSR count). The number of rotatable bonds is 6. The molecule has 4 nitrogen and oxygen atoms in total. The number of piperidine rings is 1. The molecular weight excluding hydrogens is 418 g/mol. The number of sulfonamides is 1. The molecule has 1 heterocycles. The third-order valence-electron chi connectivity index (χ3n) is 5.59. The van der Waals surface area contributed by atoms with Crippen molar-refractivity contribution in [3.05, 3.63) is 96.1 Å². The lowest BCUT2D eigenvalue weighted by Crippen LogP contribution is -2.47. The van der Waals surface area contributed by atoms with Crippen molar-refractivity contribution in [1.82, 2.24) is 4.90 Å². The van der Waals surface area contributed by atoms with Gasteiger partial charge < -0.3 is 0 Å². The fourth-order valence-corrected chi connectivity index (χ4v) is 5.73. The summed E-state index contributed by atoms with van der Waals surface area (Å²) in [6.45, 7) is 2.11. The molecule has 0 bridgehead atoms. The maximum absolute atomic E-state index is 13.5. The summed E-state index contributed by atoms with van der Waals surface area (Å²) in [5, 5.41) is 0. The standard InChI is InChI=1S/C24H24F2N2O2S/c25-20-8-6-19(7-9-20)18-27-16-14-23(15-17-27)28(22-12-10-21(26)11-13-22)31(29,30)24-4-2-1-3-5-24/h1-13,23H,14-18H2. The highest BCUT2D eigenvalue weighted by Gasteiger charge is 2.34. The quantitative estimate of drug-likeness (QED) is 0.549. The Hall–Kier alpha value is -2.77. The average molecular weight is 443 g/mol. The number of anilines is 1. The number of likely N-dealkylation sites (tertiary alicyclic amines) is 1. The van der Waals surface area contributed by atoms with Gasteiger partial charge in [0.15, 0.2) is 0 Å². The molecule has 0 atom stereocenters. The Morgan fingerprint density at radius 3 is 1.94 bits per heavy atom. The van der Waals surface area contributed by atoms with Crippen molar-refractivity contribution in [3.63, 3.8) is 0 Å². The van der Waals surface area contributed by atoms with Crippen LogP contribution in [0, 0.1) is 11.6 Å². The molecule has 1 fully saturated rings. The van der Waals surface area contributed by atoms with Gasteiger partial charge >= 0.3 is 0 Å². The summed E-state index contributed by atoms with van der Waals surface area (Å²) in [4.78, 5) is 2.45. The second kappa shape index (κ2) is 9.16. The molecule has 7 heteroatoms. The van der Waals surface area contributed by atoms with Crippen LogP contribution in [-0.4, -0.2) is 32.4 Å². The number of nitrogens with zero attached hydrogens (tertiary/aromatic N) is 2. The lowest BCUT2D eigenvalue weighted by Gasteiger charge is -2.39. The maximum atomic E-state index is 13.5. The van der Waals surface area contributed by atoms with E-state index in [1.165, 1.54) is 40.7 Å². The van der Waals surface area contributed by atoms with Gasteiger partial charge in [-0.1, -0.05) is 30.3 Å². The molecule has 0 aromatic heterocycles. The van der Waals surface area contributed by atoms with Gasteiger partial charge in [0.25, 0.3) is 10.0 Å². The van der Waals surface area contributed by atoms with Crippen molar-refractivity contribution in [3.8, 4) is 0 Å². The second-order valence-corrected chi connectivity index (χ2v) is 9.54. The van der Waals surface area contributed by atoms with Gasteiger partial charge in [-0.15, -0.1) is 0 Å². The van der Waals surface area contributed by atoms with Crippen molar-refractivity contribution in [2.45, 2.75) is 30.3 Å². The van der Waals surface area contributed by atoms with E-state index in [1.54, 1.807) is 42.5 Å². The lowest BCUT2D eigenvalue weighted by molar-refractivity contribution is 0.206. The predicted molar refractivity (Wildman–Crippen MR) is 117 cm³/mol. The zero-order chi connectivity index (χ0) is 21.8. The second-order valence-electron chi connectivity index (χ2n) is 7.72. The van der Waals surface area contributed by atoms with E-state index >= 15 is 0 Å². The number of hydrogen-bond acceptors (Lipinski definition) is 3. The lowest BCUT2D eigenvalue weighted by atomic mass is 10.0. The largest absolute Gasteiger partial charge is 0.299 e. The molecule has 1 aliphatic rings. The van der Waals surface area contributed by atoms with Crippen LogP contribution in [0.3, 0.4) is 0 Å². The Balaban J connectivity index is 1.55. The molecule has 0 spiro atoms. The molecule has 1 aliphatic heterocycles. The fourth-order valence-electron chi connectivity index (χ4n) is 4.00. The molecule has 0 N–H and O–H groups in total. The van der Waals surface area contributed by atoms with E-state index in [0.717, 1.165) is 5.56 Å². The molecule has 31 heavy (non-hydrogen) atoms. The Morgan fingerprint density at radius 2 is 1.35 bits per heavy atom. The first-order valence-corrected chi connectivity index (χ1v) is 11.7. The van der Waals surface area contributed by atoms with E-state index < -0.39 is 15.8 Å². The molecule has 162 valence electrons. The molecular formula is C24H24F2N2O2S. The number of benzene rings is 3. The summed E-state index contributed by atoms with van der Waals surface area (Å²) >= 11 is 0. The normalized spacial score (nSPS) is 15.7. The molecule has 3 aromatic rings. The van der Waals surface area contributed by atoms with Gasteiger partial charge in [0.1, 0.15) is 11.6 Å².